The van der Waals surface area contributed by atoms with Crippen molar-refractivity contribution in [3.63, 3.8) is 0 Å². The van der Waals surface area contributed by atoms with Crippen LogP contribution in [0.3, 0.4) is 0 Å². The van der Waals surface area contributed by atoms with Crippen LogP contribution in [-0.4, -0.2) is 29.0 Å². The first-order valence-corrected chi connectivity index (χ1v) is 7.80. The lowest BCUT2D eigenvalue weighted by Gasteiger charge is -2.17. The first-order chi connectivity index (χ1) is 12.4. The number of aromatic nitrogens is 1. The molecule has 1 aromatic heterocycles. The highest BCUT2D eigenvalue weighted by Crippen LogP contribution is 2.16. The molecule has 0 fully saturated rings. The van der Waals surface area contributed by atoms with Gasteiger partial charge in [0.25, 0.3) is 0 Å². The van der Waals surface area contributed by atoms with E-state index in [0.29, 0.717) is 11.1 Å². The molecule has 0 atom stereocenters. The Kier molecular flexibility index (Phi) is 5.01. The third kappa shape index (κ3) is 3.90. The molecule has 0 radical (unpaired) electrons. The van der Waals surface area contributed by atoms with Crippen LogP contribution in [0.2, 0.25) is 0 Å². The van der Waals surface area contributed by atoms with Crippen molar-refractivity contribution in [1.29, 1.82) is 0 Å². The van der Waals surface area contributed by atoms with Crippen LogP contribution in [-0.2, 0) is 17.9 Å². The molecule has 3 rings (SSSR count). The third-order valence-corrected chi connectivity index (χ3v) is 3.86. The van der Waals surface area contributed by atoms with E-state index in [1.165, 1.54) is 21.6 Å². The molecule has 1 heterocycles. The monoisotopic (exact) mass is 362 g/mol. The number of ether oxygens (including phenoxy) is 1. The van der Waals surface area contributed by atoms with E-state index >= 15 is 0 Å². The molecule has 8 heteroatoms. The van der Waals surface area contributed by atoms with Crippen molar-refractivity contribution in [2.24, 2.45) is 0 Å². The molecule has 3 aromatic rings. The summed E-state index contributed by atoms with van der Waals surface area (Å²) >= 11 is 0. The Balaban J connectivity index is 1.68. The van der Waals surface area contributed by atoms with Gasteiger partial charge in [-0.2, -0.15) is 8.78 Å². The number of para-hydroxylation sites is 2. The Bertz CT molecular complexity index is 963. The zero-order chi connectivity index (χ0) is 18.7. The van der Waals surface area contributed by atoms with Gasteiger partial charge in [-0.05, 0) is 29.8 Å². The van der Waals surface area contributed by atoms with Gasteiger partial charge in [0.2, 0.25) is 5.91 Å². The van der Waals surface area contributed by atoms with Gasteiger partial charge in [0.15, 0.2) is 5.58 Å². The minimum absolute atomic E-state index is 0.0501. The fourth-order valence-corrected chi connectivity index (χ4v) is 2.56. The summed E-state index contributed by atoms with van der Waals surface area (Å²) in [6, 6.07) is 12.9. The van der Waals surface area contributed by atoms with Gasteiger partial charge >= 0.3 is 12.4 Å². The smallest absolute Gasteiger partial charge is 0.420 e. The predicted molar refractivity (Wildman–Crippen MR) is 90.0 cm³/mol. The molecule has 0 aliphatic heterocycles. The fraction of sp³-hybridized carbons (Fsp3) is 0.222. The molecule has 26 heavy (non-hydrogen) atoms. The number of oxazole rings is 1. The molecular weight excluding hydrogens is 346 g/mol. The second-order valence-electron chi connectivity index (χ2n) is 5.69. The molecule has 0 bridgehead atoms. The van der Waals surface area contributed by atoms with Gasteiger partial charge in [-0.3, -0.25) is 9.36 Å². The van der Waals surface area contributed by atoms with E-state index in [0.717, 1.165) is 5.56 Å². The number of likely N-dealkylation sites (N-methyl/N-ethyl adjacent to an activating group) is 1. The standard InChI is InChI=1S/C18H16F2N2O4/c1-21(10-12-6-8-13(9-7-12)25-17(19)20)16(23)11-22-14-4-2-3-5-15(14)26-18(22)24/h2-9,17H,10-11H2,1H3. The number of benzene rings is 2. The SMILES string of the molecule is CN(Cc1ccc(OC(F)F)cc1)C(=O)Cn1c(=O)oc2ccccc21. The topological polar surface area (TPSA) is 64.7 Å². The Labute approximate surface area is 147 Å². The second-order valence-corrected chi connectivity index (χ2v) is 5.69. The molecule has 0 aliphatic rings. The van der Waals surface area contributed by atoms with Crippen molar-refractivity contribution in [3.8, 4) is 5.75 Å². The number of amides is 1. The van der Waals surface area contributed by atoms with Crippen molar-refractivity contribution in [2.75, 3.05) is 7.05 Å². The first-order valence-electron chi connectivity index (χ1n) is 7.80. The normalized spacial score (nSPS) is 11.1. The molecule has 0 aliphatic carbocycles. The van der Waals surface area contributed by atoms with Crippen LogP contribution in [0.25, 0.3) is 11.1 Å². The molecule has 0 unspecified atom stereocenters. The molecule has 0 spiro atoms. The number of carbonyl (C=O) groups excluding carboxylic acids is 1. The third-order valence-electron chi connectivity index (χ3n) is 3.86. The van der Waals surface area contributed by atoms with E-state index in [1.807, 2.05) is 0 Å². The summed E-state index contributed by atoms with van der Waals surface area (Å²) in [5, 5.41) is 0. The van der Waals surface area contributed by atoms with Crippen molar-refractivity contribution in [3.05, 3.63) is 64.6 Å². The van der Waals surface area contributed by atoms with E-state index in [2.05, 4.69) is 4.74 Å². The summed E-state index contributed by atoms with van der Waals surface area (Å²) in [5.41, 5.74) is 1.71. The summed E-state index contributed by atoms with van der Waals surface area (Å²) in [7, 11) is 1.60. The number of halogens is 2. The summed E-state index contributed by atoms with van der Waals surface area (Å²) in [6.45, 7) is -2.77. The minimum atomic E-state index is -2.88. The maximum atomic E-state index is 12.4. The number of hydrogen-bond acceptors (Lipinski definition) is 4. The number of nitrogens with zero attached hydrogens (tertiary/aromatic N) is 2. The van der Waals surface area contributed by atoms with Crippen molar-refractivity contribution >= 4 is 17.0 Å². The molecule has 6 nitrogen and oxygen atoms in total. The maximum absolute atomic E-state index is 12.4. The molecule has 0 saturated heterocycles. The van der Waals surface area contributed by atoms with E-state index in [4.69, 9.17) is 4.42 Å². The van der Waals surface area contributed by atoms with Crippen LogP contribution in [0.5, 0.6) is 5.75 Å². The lowest BCUT2D eigenvalue weighted by atomic mass is 10.2. The average molecular weight is 362 g/mol. The lowest BCUT2D eigenvalue weighted by molar-refractivity contribution is -0.131. The highest BCUT2D eigenvalue weighted by molar-refractivity contribution is 5.79. The number of hydrogen-bond donors (Lipinski definition) is 0. The van der Waals surface area contributed by atoms with E-state index < -0.39 is 12.4 Å². The largest absolute Gasteiger partial charge is 0.435 e. The van der Waals surface area contributed by atoms with Crippen LogP contribution in [0.1, 0.15) is 5.56 Å². The Morgan fingerprint density at radius 1 is 1.19 bits per heavy atom. The van der Waals surface area contributed by atoms with Crippen LogP contribution in [0.15, 0.2) is 57.7 Å². The molecule has 0 saturated carbocycles. The van der Waals surface area contributed by atoms with Crippen LogP contribution in [0.4, 0.5) is 8.78 Å². The quantitative estimate of drug-likeness (QED) is 0.676. The van der Waals surface area contributed by atoms with Gasteiger partial charge in [-0.1, -0.05) is 24.3 Å². The second kappa shape index (κ2) is 7.38. The number of rotatable bonds is 6. The van der Waals surface area contributed by atoms with Gasteiger partial charge in [-0.25, -0.2) is 4.79 Å². The number of fused-ring (bicyclic) bond motifs is 1. The predicted octanol–water partition coefficient (Wildman–Crippen LogP) is 2.85. The Morgan fingerprint density at radius 3 is 2.58 bits per heavy atom. The summed E-state index contributed by atoms with van der Waals surface area (Å²) < 4.78 is 35.0. The summed E-state index contributed by atoms with van der Waals surface area (Å²) in [6.07, 6.45) is 0. The first kappa shape index (κ1) is 17.7. The van der Waals surface area contributed by atoms with Crippen LogP contribution in [0, 0.1) is 0 Å². The highest BCUT2D eigenvalue weighted by atomic mass is 19.3. The van der Waals surface area contributed by atoms with Gasteiger partial charge in [0.1, 0.15) is 12.3 Å². The van der Waals surface area contributed by atoms with E-state index in [-0.39, 0.29) is 24.7 Å². The van der Waals surface area contributed by atoms with Crippen molar-refractivity contribution in [1.82, 2.24) is 9.47 Å². The van der Waals surface area contributed by atoms with Gasteiger partial charge < -0.3 is 14.1 Å². The van der Waals surface area contributed by atoms with Gasteiger partial charge in [-0.15, -0.1) is 0 Å². The lowest BCUT2D eigenvalue weighted by Crippen LogP contribution is -2.32. The van der Waals surface area contributed by atoms with Gasteiger partial charge in [0.05, 0.1) is 5.52 Å². The van der Waals surface area contributed by atoms with Crippen LogP contribution < -0.4 is 10.5 Å². The molecular formula is C18H16F2N2O4. The Hall–Kier alpha value is -3.16. The van der Waals surface area contributed by atoms with Crippen LogP contribution >= 0.6 is 0 Å². The van der Waals surface area contributed by atoms with E-state index in [9.17, 15) is 18.4 Å². The molecule has 1 amide bonds. The van der Waals surface area contributed by atoms with E-state index in [1.54, 1.807) is 43.4 Å². The van der Waals surface area contributed by atoms with Crippen molar-refractivity contribution in [2.45, 2.75) is 19.7 Å². The average Bonchev–Trinajstić information content (AvgIpc) is 2.92. The molecule has 2 aromatic carbocycles. The maximum Gasteiger partial charge on any atom is 0.420 e. The van der Waals surface area contributed by atoms with Crippen molar-refractivity contribution < 1.29 is 22.7 Å². The number of alkyl halides is 2. The minimum Gasteiger partial charge on any atom is -0.435 e. The van der Waals surface area contributed by atoms with Gasteiger partial charge in [0, 0.05) is 13.6 Å². The molecule has 0 N–H and O–H groups in total. The zero-order valence-electron chi connectivity index (χ0n) is 13.9. The fourth-order valence-electron chi connectivity index (χ4n) is 2.56. The zero-order valence-corrected chi connectivity index (χ0v) is 13.9. The number of carbonyl (C=O) groups is 1. The summed E-state index contributed by atoms with van der Waals surface area (Å²) in [4.78, 5) is 25.8. The highest BCUT2D eigenvalue weighted by Gasteiger charge is 2.15. The Morgan fingerprint density at radius 2 is 1.88 bits per heavy atom. The summed E-state index contributed by atoms with van der Waals surface area (Å²) in [5.74, 6) is -0.831. The molecule has 136 valence electrons.